The Morgan fingerprint density at radius 1 is 1.20 bits per heavy atom. The van der Waals surface area contributed by atoms with Crippen molar-refractivity contribution in [3.05, 3.63) is 52.8 Å². The summed E-state index contributed by atoms with van der Waals surface area (Å²) in [5, 5.41) is 14.5. The second-order valence-electron chi connectivity index (χ2n) is 4.78. The highest BCUT2D eigenvalue weighted by Crippen LogP contribution is 2.23. The lowest BCUT2D eigenvalue weighted by molar-refractivity contribution is 0.150. The van der Waals surface area contributed by atoms with Crippen molar-refractivity contribution >= 4 is 0 Å². The number of alkyl halides is 2. The minimum atomic E-state index is -2.48. The van der Waals surface area contributed by atoms with Crippen LogP contribution in [0, 0.1) is 6.92 Å². The maximum Gasteiger partial charge on any atom is 0.263 e. The monoisotopic (exact) mass is 280 g/mol. The normalized spacial score (nSPS) is 12.9. The second-order valence-corrected chi connectivity index (χ2v) is 4.78. The van der Waals surface area contributed by atoms with Crippen LogP contribution in [0.5, 0.6) is 0 Å². The Morgan fingerprint density at radius 2 is 1.80 bits per heavy atom. The van der Waals surface area contributed by atoms with Crippen LogP contribution in [0.15, 0.2) is 30.3 Å². The van der Waals surface area contributed by atoms with Crippen molar-refractivity contribution in [1.82, 2.24) is 9.78 Å². The summed E-state index contributed by atoms with van der Waals surface area (Å²) in [6.07, 6.45) is -2.78. The van der Waals surface area contributed by atoms with Crippen LogP contribution in [0.2, 0.25) is 0 Å². The van der Waals surface area contributed by atoms with Crippen LogP contribution in [0.4, 0.5) is 8.78 Å². The average Bonchev–Trinajstić information content (AvgIpc) is 2.78. The summed E-state index contributed by atoms with van der Waals surface area (Å²) < 4.78 is 26.8. The van der Waals surface area contributed by atoms with E-state index >= 15 is 0 Å². The van der Waals surface area contributed by atoms with E-state index < -0.39 is 12.5 Å². The lowest BCUT2D eigenvalue weighted by Gasteiger charge is -2.12. The lowest BCUT2D eigenvalue weighted by atomic mass is 10.0. The van der Waals surface area contributed by atoms with E-state index in [1.165, 1.54) is 12.1 Å². The van der Waals surface area contributed by atoms with Crippen molar-refractivity contribution in [2.75, 3.05) is 0 Å². The first-order valence-electron chi connectivity index (χ1n) is 6.60. The van der Waals surface area contributed by atoms with Gasteiger partial charge >= 0.3 is 0 Å². The van der Waals surface area contributed by atoms with Gasteiger partial charge in [-0.1, -0.05) is 24.3 Å². The molecule has 1 aromatic carbocycles. The standard InChI is InChI=1S/C15H18F2N2O/c1-3-19-13(8-10(2)18-19)9-14(20)11-4-6-12(7-5-11)15(16)17/h4-8,14-15,20H,3,9H2,1-2H3. The van der Waals surface area contributed by atoms with Crippen LogP contribution in [-0.2, 0) is 13.0 Å². The molecule has 2 aromatic rings. The molecule has 1 heterocycles. The molecule has 108 valence electrons. The van der Waals surface area contributed by atoms with E-state index in [1.54, 1.807) is 12.1 Å². The molecule has 0 fully saturated rings. The van der Waals surface area contributed by atoms with Gasteiger partial charge in [-0.05, 0) is 25.5 Å². The van der Waals surface area contributed by atoms with Gasteiger partial charge < -0.3 is 5.11 Å². The summed E-state index contributed by atoms with van der Waals surface area (Å²) in [7, 11) is 0. The van der Waals surface area contributed by atoms with E-state index in [0.29, 0.717) is 12.0 Å². The third-order valence-corrected chi connectivity index (χ3v) is 3.26. The van der Waals surface area contributed by atoms with Crippen molar-refractivity contribution < 1.29 is 13.9 Å². The first kappa shape index (κ1) is 14.7. The minimum absolute atomic E-state index is 0.0320. The molecule has 3 nitrogen and oxygen atoms in total. The van der Waals surface area contributed by atoms with Crippen molar-refractivity contribution in [1.29, 1.82) is 0 Å². The van der Waals surface area contributed by atoms with Gasteiger partial charge in [0.15, 0.2) is 0 Å². The van der Waals surface area contributed by atoms with Crippen molar-refractivity contribution in [3.8, 4) is 0 Å². The van der Waals surface area contributed by atoms with Gasteiger partial charge in [0.2, 0.25) is 0 Å². The molecule has 1 unspecified atom stereocenters. The average molecular weight is 280 g/mol. The third kappa shape index (κ3) is 3.22. The van der Waals surface area contributed by atoms with E-state index in [9.17, 15) is 13.9 Å². The van der Waals surface area contributed by atoms with E-state index in [-0.39, 0.29) is 5.56 Å². The van der Waals surface area contributed by atoms with Gasteiger partial charge in [0.25, 0.3) is 6.43 Å². The van der Waals surface area contributed by atoms with Crippen LogP contribution in [0.3, 0.4) is 0 Å². The highest BCUT2D eigenvalue weighted by atomic mass is 19.3. The van der Waals surface area contributed by atoms with Gasteiger partial charge in [-0.2, -0.15) is 5.10 Å². The number of hydrogen-bond acceptors (Lipinski definition) is 2. The highest BCUT2D eigenvalue weighted by Gasteiger charge is 2.14. The number of aryl methyl sites for hydroxylation is 2. The Kier molecular flexibility index (Phi) is 4.49. The Hall–Kier alpha value is -1.75. The first-order valence-corrected chi connectivity index (χ1v) is 6.60. The summed E-state index contributed by atoms with van der Waals surface area (Å²) >= 11 is 0. The maximum atomic E-state index is 12.5. The predicted octanol–water partition coefficient (Wildman–Crippen LogP) is 3.43. The number of rotatable bonds is 5. The molecule has 2 rings (SSSR count). The number of benzene rings is 1. The molecule has 1 N–H and O–H groups in total. The zero-order valence-corrected chi connectivity index (χ0v) is 11.6. The molecule has 20 heavy (non-hydrogen) atoms. The molecule has 0 saturated heterocycles. The molecule has 0 aliphatic rings. The van der Waals surface area contributed by atoms with Gasteiger partial charge in [0.05, 0.1) is 11.8 Å². The SMILES string of the molecule is CCn1nc(C)cc1CC(O)c1ccc(C(F)F)cc1. The molecule has 0 radical (unpaired) electrons. The molecule has 5 heteroatoms. The van der Waals surface area contributed by atoms with Gasteiger partial charge in [-0.3, -0.25) is 4.68 Å². The summed E-state index contributed by atoms with van der Waals surface area (Å²) in [6, 6.07) is 7.73. The zero-order chi connectivity index (χ0) is 14.7. The fourth-order valence-corrected chi connectivity index (χ4v) is 2.22. The quantitative estimate of drug-likeness (QED) is 0.911. The molecule has 1 aromatic heterocycles. The molecule has 0 spiro atoms. The fraction of sp³-hybridized carbons (Fsp3) is 0.400. The smallest absolute Gasteiger partial charge is 0.263 e. The lowest BCUT2D eigenvalue weighted by Crippen LogP contribution is -2.08. The first-order chi connectivity index (χ1) is 9.51. The number of hydrogen-bond donors (Lipinski definition) is 1. The van der Waals surface area contributed by atoms with Crippen LogP contribution in [-0.4, -0.2) is 14.9 Å². The summed E-state index contributed by atoms with van der Waals surface area (Å²) in [4.78, 5) is 0. The highest BCUT2D eigenvalue weighted by molar-refractivity contribution is 5.26. The van der Waals surface area contributed by atoms with E-state index in [1.807, 2.05) is 24.6 Å². The Bertz CT molecular complexity index is 564. The largest absolute Gasteiger partial charge is 0.388 e. The molecular formula is C15H18F2N2O. The van der Waals surface area contributed by atoms with E-state index in [2.05, 4.69) is 5.10 Å². The van der Waals surface area contributed by atoms with Gasteiger partial charge in [-0.25, -0.2) is 8.78 Å². The summed E-state index contributed by atoms with van der Waals surface area (Å²) in [6.45, 7) is 4.62. The Morgan fingerprint density at radius 3 is 2.35 bits per heavy atom. The Balaban J connectivity index is 2.13. The third-order valence-electron chi connectivity index (χ3n) is 3.26. The number of aliphatic hydroxyl groups excluding tert-OH is 1. The minimum Gasteiger partial charge on any atom is -0.388 e. The number of nitrogens with zero attached hydrogens (tertiary/aromatic N) is 2. The summed E-state index contributed by atoms with van der Waals surface area (Å²) in [5.41, 5.74) is 2.45. The molecule has 1 atom stereocenters. The number of halogens is 2. The van der Waals surface area contributed by atoms with E-state index in [0.717, 1.165) is 17.9 Å². The molecular weight excluding hydrogens is 262 g/mol. The van der Waals surface area contributed by atoms with Crippen molar-refractivity contribution in [3.63, 3.8) is 0 Å². The molecule has 0 aliphatic heterocycles. The van der Waals surface area contributed by atoms with E-state index in [4.69, 9.17) is 0 Å². The molecule has 0 saturated carbocycles. The topological polar surface area (TPSA) is 38.0 Å². The zero-order valence-electron chi connectivity index (χ0n) is 11.6. The van der Waals surface area contributed by atoms with Crippen LogP contribution in [0.1, 0.15) is 42.0 Å². The van der Waals surface area contributed by atoms with Gasteiger partial charge in [0.1, 0.15) is 0 Å². The molecule has 0 amide bonds. The molecule has 0 aliphatic carbocycles. The van der Waals surface area contributed by atoms with Crippen LogP contribution in [0.25, 0.3) is 0 Å². The Labute approximate surface area is 116 Å². The van der Waals surface area contributed by atoms with Crippen molar-refractivity contribution in [2.24, 2.45) is 0 Å². The number of aliphatic hydroxyl groups is 1. The van der Waals surface area contributed by atoms with Crippen molar-refractivity contribution in [2.45, 2.75) is 39.3 Å². The molecule has 0 bridgehead atoms. The maximum absolute atomic E-state index is 12.5. The van der Waals surface area contributed by atoms with Gasteiger partial charge in [0, 0.05) is 24.2 Å². The van der Waals surface area contributed by atoms with Crippen LogP contribution >= 0.6 is 0 Å². The summed E-state index contributed by atoms with van der Waals surface area (Å²) in [5.74, 6) is 0. The predicted molar refractivity (Wildman–Crippen MR) is 72.7 cm³/mol. The second kappa shape index (κ2) is 6.13. The van der Waals surface area contributed by atoms with Crippen LogP contribution < -0.4 is 0 Å². The fourth-order valence-electron chi connectivity index (χ4n) is 2.22. The van der Waals surface area contributed by atoms with Gasteiger partial charge in [-0.15, -0.1) is 0 Å². The number of aromatic nitrogens is 2.